The van der Waals surface area contributed by atoms with Crippen LogP contribution in [0.25, 0.3) is 0 Å². The van der Waals surface area contributed by atoms with Gasteiger partial charge in [0.05, 0.1) is 19.6 Å². The van der Waals surface area contributed by atoms with E-state index in [0.29, 0.717) is 84.8 Å². The molecule has 0 radical (unpaired) electrons. The molecule has 4 aromatic rings. The Morgan fingerprint density at radius 3 is 1.29 bits per heavy atom. The summed E-state index contributed by atoms with van der Waals surface area (Å²) in [6.45, 7) is 9.12. The molecule has 0 aromatic carbocycles. The van der Waals surface area contributed by atoms with Crippen molar-refractivity contribution in [2.75, 3.05) is 131 Å². The minimum absolute atomic E-state index is 0.0674. The third-order valence-electron chi connectivity index (χ3n) is 12.2. The van der Waals surface area contributed by atoms with Crippen molar-refractivity contribution in [2.45, 2.75) is 44.9 Å². The Morgan fingerprint density at radius 2 is 0.897 bits per heavy atom. The number of nitrogens with zero attached hydrogens (tertiary/aromatic N) is 10. The molecule has 1 aliphatic rings. The first kappa shape index (κ1) is 53.6. The van der Waals surface area contributed by atoms with Gasteiger partial charge in [0.1, 0.15) is 12.4 Å². The molecule has 1 aliphatic heterocycles. The molecule has 0 bridgehead atoms. The van der Waals surface area contributed by atoms with Gasteiger partial charge in [-0.25, -0.2) is 0 Å². The van der Waals surface area contributed by atoms with Gasteiger partial charge in [-0.2, -0.15) is 0 Å². The summed E-state index contributed by atoms with van der Waals surface area (Å²) in [5.41, 5.74) is 4.09. The highest BCUT2D eigenvalue weighted by atomic mass is 16.4. The van der Waals surface area contributed by atoms with Crippen LogP contribution in [0.2, 0.25) is 0 Å². The summed E-state index contributed by atoms with van der Waals surface area (Å²) in [5.74, 6) is -1.17. The molecule has 5 rings (SSSR count). The molecule has 4 aromatic heterocycles. The van der Waals surface area contributed by atoms with Crippen LogP contribution in [-0.4, -0.2) is 214 Å². The largest absolute Gasteiger partial charge is 0.480 e. The zero-order chi connectivity index (χ0) is 48.0. The van der Waals surface area contributed by atoms with Gasteiger partial charge in [0.25, 0.3) is 0 Å². The number of carbonyl (C=O) groups is 4. The average Bonchev–Trinajstić information content (AvgIpc) is 3.36. The first-order valence-electron chi connectivity index (χ1n) is 24.3. The molecule has 68 heavy (non-hydrogen) atoms. The SMILES string of the molecule is O=C(O)CN1CCN(CCC(=O)NCCN(CCc2ccccn2)CCc2ccccn2)CCN(CC(=O)CO)CCN(CC(=O)CCCN(CCc2ccccn2)CCc2ccccn2)CC1. The number of aliphatic carboxylic acids is 1. The van der Waals surface area contributed by atoms with Crippen molar-refractivity contribution < 1.29 is 29.4 Å². The van der Waals surface area contributed by atoms with Crippen molar-refractivity contribution in [3.8, 4) is 0 Å². The number of ketones is 2. The summed E-state index contributed by atoms with van der Waals surface area (Å²) in [4.78, 5) is 82.2. The van der Waals surface area contributed by atoms with Crippen LogP contribution in [0.15, 0.2) is 97.6 Å². The van der Waals surface area contributed by atoms with E-state index in [1.807, 2.05) is 95.0 Å². The van der Waals surface area contributed by atoms with E-state index in [4.69, 9.17) is 0 Å². The fourth-order valence-electron chi connectivity index (χ4n) is 8.24. The summed E-state index contributed by atoms with van der Waals surface area (Å²) >= 11 is 0. The molecule has 1 amide bonds. The second-order valence-electron chi connectivity index (χ2n) is 17.5. The van der Waals surface area contributed by atoms with Crippen LogP contribution in [0.3, 0.4) is 0 Å². The van der Waals surface area contributed by atoms with E-state index in [-0.39, 0.29) is 43.5 Å². The van der Waals surface area contributed by atoms with Crippen molar-refractivity contribution in [3.05, 3.63) is 120 Å². The fraction of sp³-hybridized carbons (Fsp3) is 0.529. The molecule has 1 fully saturated rings. The van der Waals surface area contributed by atoms with Crippen LogP contribution in [0, 0.1) is 0 Å². The predicted octanol–water partition coefficient (Wildman–Crippen LogP) is 1.86. The molecule has 17 nitrogen and oxygen atoms in total. The van der Waals surface area contributed by atoms with Crippen molar-refractivity contribution in [1.29, 1.82) is 0 Å². The van der Waals surface area contributed by atoms with Crippen LogP contribution >= 0.6 is 0 Å². The Bertz CT molecular complexity index is 1940. The number of carbonyl (C=O) groups excluding carboxylic acids is 3. The Labute approximate surface area is 402 Å². The molecule has 368 valence electrons. The van der Waals surface area contributed by atoms with Gasteiger partial charge in [0.15, 0.2) is 5.78 Å². The second kappa shape index (κ2) is 31.6. The van der Waals surface area contributed by atoms with Gasteiger partial charge in [-0.1, -0.05) is 24.3 Å². The highest BCUT2D eigenvalue weighted by molar-refractivity contribution is 5.81. The van der Waals surface area contributed by atoms with Crippen LogP contribution < -0.4 is 5.32 Å². The van der Waals surface area contributed by atoms with Gasteiger partial charge < -0.3 is 30.2 Å². The van der Waals surface area contributed by atoms with E-state index in [1.54, 1.807) is 12.4 Å². The predicted molar refractivity (Wildman–Crippen MR) is 262 cm³/mol. The monoisotopic (exact) mass is 936 g/mol. The van der Waals surface area contributed by atoms with Crippen LogP contribution in [0.5, 0.6) is 0 Å². The number of pyridine rings is 4. The molecule has 0 unspecified atom stereocenters. The van der Waals surface area contributed by atoms with Crippen molar-refractivity contribution in [1.82, 2.24) is 54.7 Å². The summed E-state index contributed by atoms with van der Waals surface area (Å²) in [7, 11) is 0. The van der Waals surface area contributed by atoms with Crippen molar-refractivity contribution in [2.24, 2.45) is 0 Å². The highest BCUT2D eigenvalue weighted by Gasteiger charge is 2.21. The first-order valence-corrected chi connectivity index (χ1v) is 24.3. The molecule has 0 spiro atoms. The second-order valence-corrected chi connectivity index (χ2v) is 17.5. The normalized spacial score (nSPS) is 14.9. The third-order valence-corrected chi connectivity index (χ3v) is 12.2. The molecule has 0 aliphatic carbocycles. The molecule has 0 saturated carbocycles. The molecule has 0 atom stereocenters. The Morgan fingerprint density at radius 1 is 0.500 bits per heavy atom. The van der Waals surface area contributed by atoms with Crippen molar-refractivity contribution >= 4 is 23.4 Å². The van der Waals surface area contributed by atoms with Crippen LogP contribution in [0.4, 0.5) is 0 Å². The number of hydrogen-bond donors (Lipinski definition) is 3. The summed E-state index contributed by atoms with van der Waals surface area (Å²) in [6.07, 6.45) is 11.8. The third kappa shape index (κ3) is 22.6. The lowest BCUT2D eigenvalue weighted by Crippen LogP contribution is -2.49. The maximum Gasteiger partial charge on any atom is 0.317 e. The van der Waals surface area contributed by atoms with Gasteiger partial charge in [-0.05, 0) is 61.5 Å². The van der Waals surface area contributed by atoms with Gasteiger partial charge >= 0.3 is 5.97 Å². The maximum atomic E-state index is 13.6. The maximum absolute atomic E-state index is 13.6. The van der Waals surface area contributed by atoms with Crippen molar-refractivity contribution in [3.63, 3.8) is 0 Å². The number of carboxylic acids is 1. The topological polar surface area (TPSA) is 192 Å². The van der Waals surface area contributed by atoms with E-state index in [0.717, 1.165) is 81.2 Å². The van der Waals surface area contributed by atoms with Gasteiger partial charge in [0.2, 0.25) is 5.91 Å². The average molecular weight is 936 g/mol. The number of Topliss-reactive ketones (excluding diaryl/α,β-unsaturated/α-hetero) is 2. The van der Waals surface area contributed by atoms with E-state index in [9.17, 15) is 29.4 Å². The quantitative estimate of drug-likeness (QED) is 0.0715. The zero-order valence-corrected chi connectivity index (χ0v) is 39.8. The molecule has 17 heteroatoms. The minimum Gasteiger partial charge on any atom is -0.480 e. The molecule has 3 N–H and O–H groups in total. The van der Waals surface area contributed by atoms with E-state index >= 15 is 0 Å². The van der Waals surface area contributed by atoms with Gasteiger partial charge in [-0.15, -0.1) is 0 Å². The number of aromatic nitrogens is 4. The molecular weight excluding hydrogens is 863 g/mol. The lowest BCUT2D eigenvalue weighted by atomic mass is 10.1. The number of hydrogen-bond acceptors (Lipinski definition) is 15. The lowest BCUT2D eigenvalue weighted by molar-refractivity contribution is -0.138. The Kier molecular flexibility index (Phi) is 24.9. The smallest absolute Gasteiger partial charge is 0.317 e. The lowest BCUT2D eigenvalue weighted by Gasteiger charge is -2.33. The number of aliphatic hydroxyl groups excluding tert-OH is 1. The van der Waals surface area contributed by atoms with E-state index in [1.165, 1.54) is 0 Å². The molecule has 1 saturated heterocycles. The van der Waals surface area contributed by atoms with Gasteiger partial charge in [-0.3, -0.25) is 53.8 Å². The number of amides is 1. The highest BCUT2D eigenvalue weighted by Crippen LogP contribution is 2.08. The first-order chi connectivity index (χ1) is 33.2. The van der Waals surface area contributed by atoms with E-state index < -0.39 is 12.6 Å². The minimum atomic E-state index is -0.927. The van der Waals surface area contributed by atoms with Crippen LogP contribution in [0.1, 0.15) is 42.0 Å². The summed E-state index contributed by atoms with van der Waals surface area (Å²) in [5, 5.41) is 22.6. The van der Waals surface area contributed by atoms with Gasteiger partial charge in [0, 0.05) is 184 Å². The number of rotatable bonds is 29. The Hall–Kier alpha value is -5.40. The number of carboxylic acid groups (broad SMARTS) is 1. The number of aliphatic hydroxyl groups is 1. The Balaban J connectivity index is 1.12. The summed E-state index contributed by atoms with van der Waals surface area (Å²) < 4.78 is 0. The standard InChI is InChI=1S/C51H73N11O6/c63-43-49(65)41-61-34-32-59(30-19-50(66)56-24-31-58(28-17-46-12-3-7-22-54-46)29-18-47-13-4-8-23-55-47)33-35-62(42-51(67)68)39-38-60(36-37-61)40-48(64)14-9-25-57(26-15-44-10-1-5-20-52-44)27-16-45-11-2-6-21-53-45/h1-8,10-13,20-23,63H,9,14-19,24-43H2,(H,56,66)(H,67,68). The zero-order valence-electron chi connectivity index (χ0n) is 39.8. The van der Waals surface area contributed by atoms with E-state index in [2.05, 4.69) is 44.9 Å². The molecular formula is C51H73N11O6. The molecule has 5 heterocycles. The fourth-order valence-corrected chi connectivity index (χ4v) is 8.24. The number of nitrogens with one attached hydrogen (secondary N) is 1. The van der Waals surface area contributed by atoms with Crippen LogP contribution in [-0.2, 0) is 44.9 Å². The summed E-state index contributed by atoms with van der Waals surface area (Å²) in [6, 6.07) is 23.7.